The van der Waals surface area contributed by atoms with E-state index in [0.717, 1.165) is 0 Å². The molecule has 1 aliphatic rings. The Labute approximate surface area is 111 Å². The zero-order valence-corrected chi connectivity index (χ0v) is 11.8. The maximum atomic E-state index is 12.3. The highest BCUT2D eigenvalue weighted by atomic mass is 16.2. The lowest BCUT2D eigenvalue weighted by Gasteiger charge is -2.27. The number of rotatable bonds is 5. The third kappa shape index (κ3) is 5.08. The highest BCUT2D eigenvalue weighted by molar-refractivity contribution is 5.76. The molecule has 0 saturated heterocycles. The van der Waals surface area contributed by atoms with Crippen LogP contribution in [0.15, 0.2) is 0 Å². The first-order valence-corrected chi connectivity index (χ1v) is 7.31. The Bertz CT molecular complexity index is 285. The smallest absolute Gasteiger partial charge is 0.223 e. The first-order valence-electron chi connectivity index (χ1n) is 7.31. The molecule has 0 aliphatic heterocycles. The van der Waals surface area contributed by atoms with Crippen molar-refractivity contribution in [3.8, 4) is 6.07 Å². The fraction of sp³-hybridized carbons (Fsp3) is 0.867. The Kier molecular flexibility index (Phi) is 6.78. The molecule has 0 aromatic rings. The molecule has 1 aliphatic carbocycles. The summed E-state index contributed by atoms with van der Waals surface area (Å²) in [5.74, 6) is 0.815. The average molecular weight is 250 g/mol. The molecule has 0 spiro atoms. The topological polar surface area (TPSA) is 44.1 Å². The van der Waals surface area contributed by atoms with E-state index >= 15 is 0 Å². The molecule has 1 fully saturated rings. The molecule has 0 atom stereocenters. The molecule has 0 bridgehead atoms. The minimum atomic E-state index is 0.205. The highest BCUT2D eigenvalue weighted by Gasteiger charge is 2.21. The summed E-state index contributed by atoms with van der Waals surface area (Å²) in [7, 11) is 0. The van der Waals surface area contributed by atoms with E-state index in [0.29, 0.717) is 25.3 Å². The van der Waals surface area contributed by atoms with Crippen molar-refractivity contribution >= 4 is 5.91 Å². The van der Waals surface area contributed by atoms with Crippen LogP contribution in [0.3, 0.4) is 0 Å². The second-order valence-electron chi connectivity index (χ2n) is 5.65. The van der Waals surface area contributed by atoms with Crippen LogP contribution >= 0.6 is 0 Å². The van der Waals surface area contributed by atoms with Gasteiger partial charge in [0, 0.05) is 19.0 Å². The summed E-state index contributed by atoms with van der Waals surface area (Å²) in [6.45, 7) is 4.64. The van der Waals surface area contributed by atoms with Crippen molar-refractivity contribution in [1.82, 2.24) is 4.90 Å². The Morgan fingerprint density at radius 3 is 2.39 bits per heavy atom. The Morgan fingerprint density at radius 1 is 1.28 bits per heavy atom. The first-order chi connectivity index (χ1) is 8.65. The van der Waals surface area contributed by atoms with Gasteiger partial charge in [0.05, 0.1) is 12.5 Å². The van der Waals surface area contributed by atoms with Crippen molar-refractivity contribution in [1.29, 1.82) is 5.26 Å². The van der Waals surface area contributed by atoms with Crippen molar-refractivity contribution in [2.45, 2.75) is 71.3 Å². The second-order valence-corrected chi connectivity index (χ2v) is 5.65. The van der Waals surface area contributed by atoms with Gasteiger partial charge in [-0.2, -0.15) is 5.26 Å². The van der Waals surface area contributed by atoms with Crippen molar-refractivity contribution in [2.24, 2.45) is 5.92 Å². The zero-order chi connectivity index (χ0) is 13.4. The number of hydrogen-bond acceptors (Lipinski definition) is 2. The molecule has 0 aromatic heterocycles. The summed E-state index contributed by atoms with van der Waals surface area (Å²) in [6.07, 6.45) is 8.74. The van der Waals surface area contributed by atoms with Gasteiger partial charge >= 0.3 is 0 Å². The molecular weight excluding hydrogens is 224 g/mol. The van der Waals surface area contributed by atoms with Crippen molar-refractivity contribution in [3.05, 3.63) is 0 Å². The first kappa shape index (κ1) is 15.0. The van der Waals surface area contributed by atoms with Gasteiger partial charge in [-0.3, -0.25) is 4.79 Å². The summed E-state index contributed by atoms with van der Waals surface area (Å²) >= 11 is 0. The molecule has 0 N–H and O–H groups in total. The van der Waals surface area contributed by atoms with Crippen LogP contribution in [0.5, 0.6) is 0 Å². The predicted octanol–water partition coefficient (Wildman–Crippen LogP) is 3.50. The summed E-state index contributed by atoms with van der Waals surface area (Å²) < 4.78 is 0. The standard InChI is InChI=1S/C15H26N2O/c1-13(2)17(11-7-10-16)15(18)12-14-8-5-3-4-6-9-14/h13-14H,3-9,11-12H2,1-2H3. The van der Waals surface area contributed by atoms with Gasteiger partial charge < -0.3 is 4.90 Å². The van der Waals surface area contributed by atoms with Crippen LogP contribution in [0.25, 0.3) is 0 Å². The predicted molar refractivity (Wildman–Crippen MR) is 72.9 cm³/mol. The average Bonchev–Trinajstić information content (AvgIpc) is 2.57. The Hall–Kier alpha value is -1.04. The molecule has 0 unspecified atom stereocenters. The summed E-state index contributed by atoms with van der Waals surface area (Å²) in [6, 6.07) is 2.33. The van der Waals surface area contributed by atoms with Crippen LogP contribution in [-0.2, 0) is 4.79 Å². The van der Waals surface area contributed by atoms with Gasteiger partial charge in [0.1, 0.15) is 0 Å². The van der Waals surface area contributed by atoms with Gasteiger partial charge in [-0.15, -0.1) is 0 Å². The molecule has 1 saturated carbocycles. The summed E-state index contributed by atoms with van der Waals surface area (Å²) in [4.78, 5) is 14.2. The van der Waals surface area contributed by atoms with Crippen molar-refractivity contribution < 1.29 is 4.79 Å². The summed E-state index contributed by atoms with van der Waals surface area (Å²) in [5, 5.41) is 8.65. The van der Waals surface area contributed by atoms with E-state index in [1.54, 1.807) is 0 Å². The number of carbonyl (C=O) groups is 1. The Balaban J connectivity index is 2.46. The quantitative estimate of drug-likeness (QED) is 0.701. The zero-order valence-electron chi connectivity index (χ0n) is 11.8. The maximum absolute atomic E-state index is 12.3. The van der Waals surface area contributed by atoms with Crippen LogP contribution in [0.1, 0.15) is 65.2 Å². The van der Waals surface area contributed by atoms with Gasteiger partial charge in [0.25, 0.3) is 0 Å². The van der Waals surface area contributed by atoms with Gasteiger partial charge in [-0.05, 0) is 32.6 Å². The van der Waals surface area contributed by atoms with Crippen LogP contribution in [0.2, 0.25) is 0 Å². The van der Waals surface area contributed by atoms with Crippen molar-refractivity contribution in [2.75, 3.05) is 6.54 Å². The lowest BCUT2D eigenvalue weighted by Crippen LogP contribution is -2.38. The largest absolute Gasteiger partial charge is 0.339 e. The SMILES string of the molecule is CC(C)N(CCC#N)C(=O)CC1CCCCCC1. The van der Waals surface area contributed by atoms with E-state index in [-0.39, 0.29) is 11.9 Å². The molecule has 0 aromatic carbocycles. The lowest BCUT2D eigenvalue weighted by atomic mass is 9.95. The van der Waals surface area contributed by atoms with E-state index in [1.165, 1.54) is 38.5 Å². The monoisotopic (exact) mass is 250 g/mol. The van der Waals surface area contributed by atoms with Gasteiger partial charge in [-0.1, -0.05) is 25.7 Å². The van der Waals surface area contributed by atoms with E-state index in [2.05, 4.69) is 6.07 Å². The highest BCUT2D eigenvalue weighted by Crippen LogP contribution is 2.26. The molecule has 1 amide bonds. The molecular formula is C15H26N2O. The van der Waals surface area contributed by atoms with Gasteiger partial charge in [-0.25, -0.2) is 0 Å². The lowest BCUT2D eigenvalue weighted by molar-refractivity contribution is -0.133. The minimum absolute atomic E-state index is 0.205. The van der Waals surface area contributed by atoms with Gasteiger partial charge in [0.2, 0.25) is 5.91 Å². The van der Waals surface area contributed by atoms with E-state index in [4.69, 9.17) is 5.26 Å². The maximum Gasteiger partial charge on any atom is 0.223 e. The number of carbonyl (C=O) groups excluding carboxylic acids is 1. The molecule has 3 heteroatoms. The van der Waals surface area contributed by atoms with Crippen LogP contribution in [-0.4, -0.2) is 23.4 Å². The normalized spacial score (nSPS) is 17.2. The number of hydrogen-bond donors (Lipinski definition) is 0. The summed E-state index contributed by atoms with van der Waals surface area (Å²) in [5.41, 5.74) is 0. The third-order valence-corrected chi connectivity index (χ3v) is 3.85. The van der Waals surface area contributed by atoms with Crippen LogP contribution < -0.4 is 0 Å². The molecule has 3 nitrogen and oxygen atoms in total. The van der Waals surface area contributed by atoms with Crippen molar-refractivity contribution in [3.63, 3.8) is 0 Å². The minimum Gasteiger partial charge on any atom is -0.339 e. The number of nitriles is 1. The number of nitrogens with zero attached hydrogens (tertiary/aromatic N) is 2. The van der Waals surface area contributed by atoms with Crippen LogP contribution in [0.4, 0.5) is 0 Å². The molecule has 0 radical (unpaired) electrons. The molecule has 0 heterocycles. The van der Waals surface area contributed by atoms with E-state index < -0.39 is 0 Å². The second kappa shape index (κ2) is 8.13. The Morgan fingerprint density at radius 2 is 1.89 bits per heavy atom. The van der Waals surface area contributed by atoms with Crippen LogP contribution in [0, 0.1) is 17.2 Å². The van der Waals surface area contributed by atoms with E-state index in [9.17, 15) is 4.79 Å². The fourth-order valence-corrected chi connectivity index (χ4v) is 2.77. The molecule has 102 valence electrons. The van der Waals surface area contributed by atoms with Gasteiger partial charge in [0.15, 0.2) is 0 Å². The fourth-order valence-electron chi connectivity index (χ4n) is 2.77. The van der Waals surface area contributed by atoms with E-state index in [1.807, 2.05) is 18.7 Å². The molecule has 1 rings (SSSR count). The molecule has 18 heavy (non-hydrogen) atoms. The number of amides is 1. The third-order valence-electron chi connectivity index (χ3n) is 3.85.